The van der Waals surface area contributed by atoms with Crippen molar-refractivity contribution >= 4 is 5.69 Å². The monoisotopic (exact) mass is 365 g/mol. The van der Waals surface area contributed by atoms with E-state index in [1.807, 2.05) is 0 Å². The molecule has 4 heteroatoms. The lowest BCUT2D eigenvalue weighted by Gasteiger charge is -2.35. The Balaban J connectivity index is 1.60. The summed E-state index contributed by atoms with van der Waals surface area (Å²) in [5.41, 5.74) is 6.16. The third-order valence-electron chi connectivity index (χ3n) is 6.21. The number of nitrogens with one attached hydrogen (secondary N) is 1. The van der Waals surface area contributed by atoms with E-state index in [0.717, 1.165) is 56.8 Å². The van der Waals surface area contributed by atoms with Gasteiger partial charge in [-0.3, -0.25) is 4.79 Å². The number of fused-ring (bicyclic) bond motifs is 1. The molecular formula is C23H31N3O. The van der Waals surface area contributed by atoms with Gasteiger partial charge in [0.05, 0.1) is 0 Å². The number of benzene rings is 1. The second-order valence-electron chi connectivity index (χ2n) is 7.89. The van der Waals surface area contributed by atoms with Crippen molar-refractivity contribution in [1.29, 1.82) is 0 Å². The summed E-state index contributed by atoms with van der Waals surface area (Å²) >= 11 is 0. The highest BCUT2D eigenvalue weighted by Gasteiger charge is 2.17. The standard InChI is InChI=1S/C23H31N3O/c1-2-25-13-15-26(16-14-25)19-11-9-18(10-12-19)21-17-23(27)24-22-8-6-4-3-5-7-20(21)22/h9-12,17H,2-8,13-16H2,1H3,(H,24,27). The van der Waals surface area contributed by atoms with Crippen LogP contribution in [0.3, 0.4) is 0 Å². The van der Waals surface area contributed by atoms with Crippen LogP contribution in [0.15, 0.2) is 35.1 Å². The Bertz CT molecular complexity index is 817. The first-order valence-electron chi connectivity index (χ1n) is 10.6. The molecule has 1 saturated heterocycles. The van der Waals surface area contributed by atoms with Gasteiger partial charge in [0.1, 0.15) is 0 Å². The van der Waals surface area contributed by atoms with Gasteiger partial charge in [0.2, 0.25) is 5.56 Å². The van der Waals surface area contributed by atoms with Gasteiger partial charge in [-0.15, -0.1) is 0 Å². The third kappa shape index (κ3) is 4.11. The van der Waals surface area contributed by atoms with Crippen LogP contribution in [0.2, 0.25) is 0 Å². The van der Waals surface area contributed by atoms with E-state index in [9.17, 15) is 4.79 Å². The third-order valence-corrected chi connectivity index (χ3v) is 6.21. The van der Waals surface area contributed by atoms with Gasteiger partial charge in [0.15, 0.2) is 0 Å². The Morgan fingerprint density at radius 2 is 1.63 bits per heavy atom. The summed E-state index contributed by atoms with van der Waals surface area (Å²) in [4.78, 5) is 20.3. The van der Waals surface area contributed by atoms with Crippen LogP contribution in [-0.2, 0) is 12.8 Å². The molecule has 0 bridgehead atoms. The van der Waals surface area contributed by atoms with Crippen molar-refractivity contribution in [3.8, 4) is 11.1 Å². The van der Waals surface area contributed by atoms with E-state index in [0.29, 0.717) is 0 Å². The molecule has 4 nitrogen and oxygen atoms in total. The quantitative estimate of drug-likeness (QED) is 0.898. The summed E-state index contributed by atoms with van der Waals surface area (Å²) < 4.78 is 0. The molecule has 1 N–H and O–H groups in total. The zero-order valence-corrected chi connectivity index (χ0v) is 16.5. The second-order valence-corrected chi connectivity index (χ2v) is 7.89. The van der Waals surface area contributed by atoms with Crippen LogP contribution in [0.1, 0.15) is 43.9 Å². The van der Waals surface area contributed by atoms with Crippen molar-refractivity contribution < 1.29 is 0 Å². The van der Waals surface area contributed by atoms with Gasteiger partial charge in [-0.2, -0.15) is 0 Å². The summed E-state index contributed by atoms with van der Waals surface area (Å²) in [6.07, 6.45) is 7.02. The van der Waals surface area contributed by atoms with Crippen LogP contribution in [-0.4, -0.2) is 42.6 Å². The Labute approximate surface area is 162 Å². The van der Waals surface area contributed by atoms with Crippen LogP contribution in [0, 0.1) is 0 Å². The maximum absolute atomic E-state index is 12.2. The number of hydrogen-bond donors (Lipinski definition) is 1. The maximum Gasteiger partial charge on any atom is 0.248 e. The average molecular weight is 366 g/mol. The van der Waals surface area contributed by atoms with Crippen molar-refractivity contribution in [1.82, 2.24) is 9.88 Å². The highest BCUT2D eigenvalue weighted by atomic mass is 16.1. The number of hydrogen-bond acceptors (Lipinski definition) is 3. The predicted octanol–water partition coefficient (Wildman–Crippen LogP) is 3.84. The van der Waals surface area contributed by atoms with Gasteiger partial charge >= 0.3 is 0 Å². The number of rotatable bonds is 3. The van der Waals surface area contributed by atoms with E-state index in [-0.39, 0.29) is 5.56 Å². The molecule has 1 aliphatic heterocycles. The van der Waals surface area contributed by atoms with Crippen LogP contribution in [0.4, 0.5) is 5.69 Å². The van der Waals surface area contributed by atoms with Crippen molar-refractivity contribution in [3.05, 3.63) is 51.9 Å². The summed E-state index contributed by atoms with van der Waals surface area (Å²) in [5.74, 6) is 0. The number of aromatic amines is 1. The van der Waals surface area contributed by atoms with Crippen molar-refractivity contribution in [2.24, 2.45) is 0 Å². The van der Waals surface area contributed by atoms with Crippen molar-refractivity contribution in [2.45, 2.75) is 45.4 Å². The Kier molecular flexibility index (Phi) is 5.63. The number of H-pyrrole nitrogens is 1. The molecule has 0 saturated carbocycles. The molecule has 4 rings (SSSR count). The molecule has 2 heterocycles. The molecule has 0 radical (unpaired) electrons. The van der Waals surface area contributed by atoms with Crippen LogP contribution in [0.25, 0.3) is 11.1 Å². The second kappa shape index (κ2) is 8.30. The Morgan fingerprint density at radius 3 is 2.33 bits per heavy atom. The van der Waals surface area contributed by atoms with Crippen LogP contribution < -0.4 is 10.5 Å². The fraction of sp³-hybridized carbons (Fsp3) is 0.522. The lowest BCUT2D eigenvalue weighted by molar-refractivity contribution is 0.271. The minimum Gasteiger partial charge on any atom is -0.369 e. The van der Waals surface area contributed by atoms with Crippen molar-refractivity contribution in [2.75, 3.05) is 37.6 Å². The molecule has 1 aliphatic carbocycles. The fourth-order valence-corrected chi connectivity index (χ4v) is 4.53. The summed E-state index contributed by atoms with van der Waals surface area (Å²) in [5, 5.41) is 0. The minimum absolute atomic E-state index is 0.0316. The Morgan fingerprint density at radius 1 is 0.926 bits per heavy atom. The molecule has 1 aromatic heterocycles. The van der Waals surface area contributed by atoms with E-state index in [4.69, 9.17) is 0 Å². The molecule has 1 fully saturated rings. The molecule has 1 aromatic carbocycles. The van der Waals surface area contributed by atoms with Crippen LogP contribution >= 0.6 is 0 Å². The van der Waals surface area contributed by atoms with Gasteiger partial charge in [-0.05, 0) is 61.1 Å². The molecule has 0 unspecified atom stereocenters. The fourth-order valence-electron chi connectivity index (χ4n) is 4.53. The summed E-state index contributed by atoms with van der Waals surface area (Å²) in [7, 11) is 0. The number of likely N-dealkylation sites (N-methyl/N-ethyl adjacent to an activating group) is 1. The van der Waals surface area contributed by atoms with Gasteiger partial charge < -0.3 is 14.8 Å². The molecule has 27 heavy (non-hydrogen) atoms. The molecule has 2 aromatic rings. The first kappa shape index (κ1) is 18.3. The van der Waals surface area contributed by atoms with E-state index < -0.39 is 0 Å². The first-order valence-corrected chi connectivity index (χ1v) is 10.6. The van der Waals surface area contributed by atoms with Crippen molar-refractivity contribution in [3.63, 3.8) is 0 Å². The molecular weight excluding hydrogens is 334 g/mol. The minimum atomic E-state index is 0.0316. The number of pyridine rings is 1. The average Bonchev–Trinajstić information content (AvgIpc) is 2.69. The number of piperazine rings is 1. The topological polar surface area (TPSA) is 39.3 Å². The lowest BCUT2D eigenvalue weighted by Crippen LogP contribution is -2.46. The normalized spacial score (nSPS) is 18.6. The maximum atomic E-state index is 12.2. The van der Waals surface area contributed by atoms with Gasteiger partial charge in [0.25, 0.3) is 0 Å². The number of aromatic nitrogens is 1. The van der Waals surface area contributed by atoms with Crippen LogP contribution in [0.5, 0.6) is 0 Å². The summed E-state index contributed by atoms with van der Waals surface area (Å²) in [6, 6.07) is 10.7. The SMILES string of the molecule is CCN1CCN(c2ccc(-c3cc(=O)[nH]c4c3CCCCCC4)cc2)CC1. The molecule has 0 spiro atoms. The number of anilines is 1. The zero-order valence-electron chi connectivity index (χ0n) is 16.5. The first-order chi connectivity index (χ1) is 13.2. The zero-order chi connectivity index (χ0) is 18.6. The largest absolute Gasteiger partial charge is 0.369 e. The smallest absolute Gasteiger partial charge is 0.248 e. The summed E-state index contributed by atoms with van der Waals surface area (Å²) in [6.45, 7) is 7.83. The van der Waals surface area contributed by atoms with Gasteiger partial charge in [-0.1, -0.05) is 31.9 Å². The van der Waals surface area contributed by atoms with E-state index in [1.54, 1.807) is 6.07 Å². The molecule has 144 valence electrons. The van der Waals surface area contributed by atoms with E-state index >= 15 is 0 Å². The number of nitrogens with zero attached hydrogens (tertiary/aromatic N) is 2. The van der Waals surface area contributed by atoms with Gasteiger partial charge in [-0.25, -0.2) is 0 Å². The highest BCUT2D eigenvalue weighted by molar-refractivity contribution is 5.70. The molecule has 2 aliphatic rings. The highest BCUT2D eigenvalue weighted by Crippen LogP contribution is 2.30. The van der Waals surface area contributed by atoms with E-state index in [2.05, 4.69) is 46.0 Å². The number of aryl methyl sites for hydroxylation is 1. The Hall–Kier alpha value is -2.07. The molecule has 0 atom stereocenters. The van der Waals surface area contributed by atoms with Gasteiger partial charge in [0, 0.05) is 43.6 Å². The van der Waals surface area contributed by atoms with E-state index in [1.165, 1.54) is 42.5 Å². The molecule has 0 amide bonds. The lowest BCUT2D eigenvalue weighted by atomic mass is 9.90. The predicted molar refractivity (Wildman–Crippen MR) is 113 cm³/mol.